The van der Waals surface area contributed by atoms with Crippen molar-refractivity contribution in [1.82, 2.24) is 10.2 Å². The number of aromatic nitrogens is 2. The molecule has 2 aliphatic rings. The normalized spacial score (nSPS) is 17.9. The number of amides is 1. The summed E-state index contributed by atoms with van der Waals surface area (Å²) in [5.74, 6) is -0.505. The van der Waals surface area contributed by atoms with Crippen molar-refractivity contribution in [2.75, 3.05) is 18.1 Å². The number of hydrogen-bond acceptors (Lipinski definition) is 9. The van der Waals surface area contributed by atoms with E-state index in [1.54, 1.807) is 42.5 Å². The van der Waals surface area contributed by atoms with Crippen molar-refractivity contribution in [2.24, 2.45) is 0 Å². The van der Waals surface area contributed by atoms with Gasteiger partial charge in [-0.1, -0.05) is 76.6 Å². The highest BCUT2D eigenvalue weighted by atomic mass is 35.5. The summed E-state index contributed by atoms with van der Waals surface area (Å²) in [6.07, 6.45) is 0. The summed E-state index contributed by atoms with van der Waals surface area (Å²) < 4.78 is 11.8. The first-order chi connectivity index (χ1) is 19.4. The number of anilines is 1. The van der Waals surface area contributed by atoms with E-state index in [9.17, 15) is 14.7 Å². The topological polar surface area (TPSA) is 102 Å². The molecule has 1 N–H and O–H groups in total. The van der Waals surface area contributed by atoms with Crippen molar-refractivity contribution in [3.8, 4) is 11.5 Å². The minimum atomic E-state index is -0.985. The Balaban J connectivity index is 1.39. The Kier molecular flexibility index (Phi) is 7.41. The molecule has 1 fully saturated rings. The zero-order valence-electron chi connectivity index (χ0n) is 20.5. The molecule has 1 unspecified atom stereocenters. The van der Waals surface area contributed by atoms with E-state index in [0.717, 1.165) is 5.56 Å². The van der Waals surface area contributed by atoms with Gasteiger partial charge >= 0.3 is 5.91 Å². The first-order valence-electron chi connectivity index (χ1n) is 12.1. The zero-order valence-corrected chi connectivity index (χ0v) is 23.7. The van der Waals surface area contributed by atoms with Gasteiger partial charge in [-0.2, -0.15) is 0 Å². The Hall–Kier alpha value is -3.57. The van der Waals surface area contributed by atoms with E-state index < -0.39 is 17.7 Å². The highest BCUT2D eigenvalue weighted by Gasteiger charge is 2.48. The van der Waals surface area contributed by atoms with Crippen molar-refractivity contribution in [3.63, 3.8) is 0 Å². The zero-order chi connectivity index (χ0) is 27.8. The predicted octanol–water partition coefficient (Wildman–Crippen LogP) is 6.53. The third-order valence-electron chi connectivity index (χ3n) is 6.34. The standard InChI is InChI=1S/C28H19Cl2N3O5S2/c29-18-6-3-5-15(12-18)23-22(24(34)16-8-9-20-21(13-16)38-11-10-37-20)25(35)26(36)33(23)27-31-32-28(40-27)39-14-17-4-1-2-7-19(17)30/h1-9,12-13,23,34H,10-11,14H2/b24-22-. The lowest BCUT2D eigenvalue weighted by Crippen LogP contribution is -2.29. The minimum Gasteiger partial charge on any atom is -0.507 e. The van der Waals surface area contributed by atoms with Gasteiger partial charge in [0.2, 0.25) is 5.13 Å². The lowest BCUT2D eigenvalue weighted by atomic mass is 9.95. The van der Waals surface area contributed by atoms with Crippen LogP contribution in [0.5, 0.6) is 11.5 Å². The quantitative estimate of drug-likeness (QED) is 0.0862. The third kappa shape index (κ3) is 5.03. The SMILES string of the molecule is O=C1C(=O)N(c2nnc(SCc3ccccc3Cl)s2)C(c2cccc(Cl)c2)/C1=C(/O)c1ccc2c(c1)OCCO2. The summed E-state index contributed by atoms with van der Waals surface area (Å²) in [5, 5.41) is 21.2. The summed E-state index contributed by atoms with van der Waals surface area (Å²) in [4.78, 5) is 28.2. The molecule has 4 aromatic rings. The number of Topliss-reactive ketones (excluding diaryl/α,β-unsaturated/α-hetero) is 1. The molecular formula is C28H19Cl2N3O5S2. The molecule has 0 saturated carbocycles. The van der Waals surface area contributed by atoms with E-state index in [0.29, 0.717) is 56.0 Å². The number of benzene rings is 3. The van der Waals surface area contributed by atoms with Gasteiger partial charge in [-0.3, -0.25) is 14.5 Å². The largest absolute Gasteiger partial charge is 0.507 e. The van der Waals surface area contributed by atoms with Crippen LogP contribution >= 0.6 is 46.3 Å². The van der Waals surface area contributed by atoms with Crippen molar-refractivity contribution < 1.29 is 24.2 Å². The second-order valence-corrected chi connectivity index (χ2v) is 11.8. The molecule has 0 bridgehead atoms. The number of hydrogen-bond donors (Lipinski definition) is 1. The van der Waals surface area contributed by atoms with Crippen LogP contribution in [0, 0.1) is 0 Å². The first kappa shape index (κ1) is 26.6. The van der Waals surface area contributed by atoms with E-state index in [4.69, 9.17) is 32.7 Å². The molecule has 3 aromatic carbocycles. The molecule has 40 heavy (non-hydrogen) atoms. The monoisotopic (exact) mass is 611 g/mol. The molecule has 1 atom stereocenters. The predicted molar refractivity (Wildman–Crippen MR) is 155 cm³/mol. The second kappa shape index (κ2) is 11.1. The van der Waals surface area contributed by atoms with E-state index in [-0.39, 0.29) is 16.5 Å². The van der Waals surface area contributed by atoms with Gasteiger partial charge in [0.1, 0.15) is 19.0 Å². The molecule has 1 amide bonds. The number of carbonyl (C=O) groups excluding carboxylic acids is 2. The number of ketones is 1. The molecule has 0 spiro atoms. The Morgan fingerprint density at radius 2 is 1.80 bits per heavy atom. The van der Waals surface area contributed by atoms with Gasteiger partial charge in [-0.15, -0.1) is 10.2 Å². The van der Waals surface area contributed by atoms with Crippen LogP contribution in [0.2, 0.25) is 10.0 Å². The van der Waals surface area contributed by atoms with E-state index in [1.807, 2.05) is 24.3 Å². The van der Waals surface area contributed by atoms with Crippen LogP contribution in [0.15, 0.2) is 76.6 Å². The summed E-state index contributed by atoms with van der Waals surface area (Å²) in [6.45, 7) is 0.775. The van der Waals surface area contributed by atoms with E-state index in [1.165, 1.54) is 28.0 Å². The molecule has 1 aromatic heterocycles. The van der Waals surface area contributed by atoms with Gasteiger partial charge in [0.15, 0.2) is 15.8 Å². The molecule has 202 valence electrons. The van der Waals surface area contributed by atoms with Crippen molar-refractivity contribution >= 4 is 68.9 Å². The summed E-state index contributed by atoms with van der Waals surface area (Å²) in [6, 6.07) is 18.2. The van der Waals surface area contributed by atoms with Gasteiger partial charge in [0.05, 0.1) is 11.6 Å². The van der Waals surface area contributed by atoms with Crippen molar-refractivity contribution in [1.29, 1.82) is 0 Å². The Morgan fingerprint density at radius 3 is 2.60 bits per heavy atom. The van der Waals surface area contributed by atoms with Gasteiger partial charge in [0, 0.05) is 21.4 Å². The fourth-order valence-electron chi connectivity index (χ4n) is 4.48. The number of rotatable bonds is 6. The fourth-order valence-corrected chi connectivity index (χ4v) is 6.83. The number of halogens is 2. The van der Waals surface area contributed by atoms with E-state index in [2.05, 4.69) is 10.2 Å². The highest BCUT2D eigenvalue weighted by Crippen LogP contribution is 2.45. The summed E-state index contributed by atoms with van der Waals surface area (Å²) in [5.41, 5.74) is 1.68. The van der Waals surface area contributed by atoms with Gasteiger partial charge in [-0.05, 0) is 47.5 Å². The van der Waals surface area contributed by atoms with Crippen LogP contribution in [0.4, 0.5) is 5.13 Å². The molecule has 12 heteroatoms. The lowest BCUT2D eigenvalue weighted by Gasteiger charge is -2.23. The summed E-state index contributed by atoms with van der Waals surface area (Å²) >= 11 is 15.2. The molecule has 0 aliphatic carbocycles. The smallest absolute Gasteiger partial charge is 0.301 e. The summed E-state index contributed by atoms with van der Waals surface area (Å²) in [7, 11) is 0. The van der Waals surface area contributed by atoms with Gasteiger partial charge < -0.3 is 14.6 Å². The number of ether oxygens (including phenoxy) is 2. The van der Waals surface area contributed by atoms with Gasteiger partial charge in [-0.25, -0.2) is 0 Å². The fraction of sp³-hybridized carbons (Fsp3) is 0.143. The number of carbonyl (C=O) groups is 2. The van der Waals surface area contributed by atoms with Crippen LogP contribution in [-0.4, -0.2) is 40.2 Å². The Morgan fingerprint density at radius 1 is 1.00 bits per heavy atom. The molecular weight excluding hydrogens is 593 g/mol. The lowest BCUT2D eigenvalue weighted by molar-refractivity contribution is -0.132. The van der Waals surface area contributed by atoms with Crippen molar-refractivity contribution in [2.45, 2.75) is 16.1 Å². The van der Waals surface area contributed by atoms with E-state index >= 15 is 0 Å². The maximum Gasteiger partial charge on any atom is 0.301 e. The van der Waals surface area contributed by atoms with Crippen LogP contribution in [0.25, 0.3) is 5.76 Å². The number of aliphatic hydroxyl groups excluding tert-OH is 1. The number of aliphatic hydroxyl groups is 1. The Labute approximate surface area is 247 Å². The molecule has 3 heterocycles. The minimum absolute atomic E-state index is 0.0931. The van der Waals surface area contributed by atoms with Crippen LogP contribution in [0.3, 0.4) is 0 Å². The highest BCUT2D eigenvalue weighted by molar-refractivity contribution is 8.00. The maximum absolute atomic E-state index is 13.5. The van der Waals surface area contributed by atoms with Crippen LogP contribution in [-0.2, 0) is 15.3 Å². The molecule has 1 saturated heterocycles. The number of thioether (sulfide) groups is 1. The average molecular weight is 613 g/mol. The van der Waals surface area contributed by atoms with Crippen molar-refractivity contribution in [3.05, 3.63) is 99.0 Å². The second-order valence-electron chi connectivity index (χ2n) is 8.81. The number of nitrogens with zero attached hydrogens (tertiary/aromatic N) is 3. The molecule has 6 rings (SSSR count). The molecule has 0 radical (unpaired) electrons. The van der Waals surface area contributed by atoms with Crippen LogP contribution in [0.1, 0.15) is 22.7 Å². The molecule has 8 nitrogen and oxygen atoms in total. The maximum atomic E-state index is 13.5. The average Bonchev–Trinajstić information content (AvgIpc) is 3.54. The molecule has 2 aliphatic heterocycles. The number of fused-ring (bicyclic) bond motifs is 1. The first-order valence-corrected chi connectivity index (χ1v) is 14.6. The van der Waals surface area contributed by atoms with Gasteiger partial charge in [0.25, 0.3) is 5.78 Å². The Bertz CT molecular complexity index is 1680. The van der Waals surface area contributed by atoms with Crippen LogP contribution < -0.4 is 14.4 Å². The third-order valence-corrected chi connectivity index (χ3v) is 9.04.